The van der Waals surface area contributed by atoms with Crippen LogP contribution in [-0.4, -0.2) is 34.3 Å². The number of hydrogen-bond acceptors (Lipinski definition) is 1. The molecule has 0 aromatic rings. The fourth-order valence-electron chi connectivity index (χ4n) is 7.76. The lowest BCUT2D eigenvalue weighted by Gasteiger charge is -2.51. The van der Waals surface area contributed by atoms with Crippen molar-refractivity contribution in [3.05, 3.63) is 0 Å². The second-order valence-corrected chi connectivity index (χ2v) is 17.7. The molecule has 0 radical (unpaired) electrons. The van der Waals surface area contributed by atoms with E-state index in [0.717, 1.165) is 34.5 Å². The molecule has 0 atom stereocenters. The van der Waals surface area contributed by atoms with Gasteiger partial charge in [0.2, 0.25) is 0 Å². The van der Waals surface area contributed by atoms with Crippen LogP contribution in [0.1, 0.15) is 141 Å². The van der Waals surface area contributed by atoms with Gasteiger partial charge in [0, 0.05) is 11.8 Å². The summed E-state index contributed by atoms with van der Waals surface area (Å²) in [5, 5.41) is 0.979. The highest BCUT2D eigenvalue weighted by Gasteiger charge is 2.44. The highest BCUT2D eigenvalue weighted by Crippen LogP contribution is 2.73. The minimum absolute atomic E-state index is 0.109. The van der Waals surface area contributed by atoms with Gasteiger partial charge in [-0.3, -0.25) is 0 Å². The van der Waals surface area contributed by atoms with Crippen LogP contribution >= 0.6 is 15.8 Å². The van der Waals surface area contributed by atoms with Gasteiger partial charge in [0.25, 0.3) is 0 Å². The van der Waals surface area contributed by atoms with Crippen molar-refractivity contribution in [2.24, 2.45) is 0 Å². The van der Waals surface area contributed by atoms with Gasteiger partial charge in [-0.25, -0.2) is 0 Å². The van der Waals surface area contributed by atoms with Crippen LogP contribution in [0.25, 0.3) is 0 Å². The molecule has 0 saturated heterocycles. The van der Waals surface area contributed by atoms with Crippen LogP contribution in [0.15, 0.2) is 0 Å². The molecule has 4 aliphatic carbocycles. The molecule has 4 aliphatic rings. The van der Waals surface area contributed by atoms with Gasteiger partial charge in [-0.2, -0.15) is 0 Å². The number of aldehydes is 1. The smallest absolute Gasteiger partial charge is 0.120 e. The monoisotopic (exact) mass is 464 g/mol. The molecule has 0 unspecified atom stereocenters. The van der Waals surface area contributed by atoms with Gasteiger partial charge in [-0.05, 0) is 80.4 Å². The summed E-state index contributed by atoms with van der Waals surface area (Å²) in [7, 11) is 0.218. The van der Waals surface area contributed by atoms with E-state index >= 15 is 0 Å². The Bertz CT molecular complexity index is 423. The first kappa shape index (κ1) is 24.6. The topological polar surface area (TPSA) is 17.1 Å². The summed E-state index contributed by atoms with van der Waals surface area (Å²) in [4.78, 5) is 11.7. The maximum absolute atomic E-state index is 11.7. The molecule has 1 nitrogen and oxygen atoms in total. The van der Waals surface area contributed by atoms with Crippen LogP contribution in [0.2, 0.25) is 0 Å². The highest BCUT2D eigenvalue weighted by molar-refractivity contribution is 7.77. The van der Waals surface area contributed by atoms with E-state index in [-0.39, 0.29) is 15.8 Å². The van der Waals surface area contributed by atoms with E-state index in [2.05, 4.69) is 0 Å². The fraction of sp³-hybridized carbons (Fsp3) is 0.964. The molecular weight excluding hydrogens is 414 g/mol. The molecule has 4 saturated carbocycles. The fourth-order valence-corrected chi connectivity index (χ4v) is 19.1. The third-order valence-electron chi connectivity index (χ3n) is 9.22. The molecular formula is C28H50OP2. The first-order valence-electron chi connectivity index (χ1n) is 14.4. The average Bonchev–Trinajstić information content (AvgIpc) is 2.85. The summed E-state index contributed by atoms with van der Waals surface area (Å²) >= 11 is 0. The molecule has 0 bridgehead atoms. The molecule has 31 heavy (non-hydrogen) atoms. The zero-order valence-electron chi connectivity index (χ0n) is 20.3. The van der Waals surface area contributed by atoms with Gasteiger partial charge in [-0.15, -0.1) is 0 Å². The quantitative estimate of drug-likeness (QED) is 0.245. The minimum atomic E-state index is 0.109. The summed E-state index contributed by atoms with van der Waals surface area (Å²) in [6, 6.07) is 0. The maximum Gasteiger partial charge on any atom is 0.120 e. The largest absolute Gasteiger partial charge is 0.303 e. The highest BCUT2D eigenvalue weighted by atomic mass is 31.2. The Morgan fingerprint density at radius 1 is 0.516 bits per heavy atom. The lowest BCUT2D eigenvalue weighted by molar-refractivity contribution is -0.107. The van der Waals surface area contributed by atoms with Crippen molar-refractivity contribution in [3.8, 4) is 0 Å². The van der Waals surface area contributed by atoms with Gasteiger partial charge in [0.05, 0.1) is 0 Å². The van der Waals surface area contributed by atoms with E-state index < -0.39 is 0 Å². The first-order chi connectivity index (χ1) is 15.4. The summed E-state index contributed by atoms with van der Waals surface area (Å²) < 4.78 is 0. The lowest BCUT2D eigenvalue weighted by Crippen LogP contribution is -2.32. The Kier molecular flexibility index (Phi) is 10.7. The van der Waals surface area contributed by atoms with Gasteiger partial charge in [0.15, 0.2) is 0 Å². The summed E-state index contributed by atoms with van der Waals surface area (Å²) in [6.45, 7) is 0. The van der Waals surface area contributed by atoms with Crippen molar-refractivity contribution in [2.45, 2.75) is 169 Å². The second-order valence-electron chi connectivity index (χ2n) is 11.3. The molecule has 0 aromatic carbocycles. The number of hydrogen-bond donors (Lipinski definition) is 0. The Hall–Kier alpha value is 0.530. The standard InChI is InChI=1S/C28H50OP2/c29-23-13-22-28(30(24-14-5-1-6-15-24)25-16-7-2-8-17-25)31(26-18-9-3-10-19-26)27-20-11-4-12-21-27/h23-28H,1-22H2. The van der Waals surface area contributed by atoms with Gasteiger partial charge < -0.3 is 4.79 Å². The Morgan fingerprint density at radius 3 is 1.06 bits per heavy atom. The SMILES string of the molecule is O=CCCC(P(C1CCCCC1)C1CCCCC1)P(C1CCCCC1)C1CCCCC1. The zero-order chi connectivity index (χ0) is 21.3. The van der Waals surface area contributed by atoms with E-state index in [9.17, 15) is 4.79 Å². The summed E-state index contributed by atoms with van der Waals surface area (Å²) in [5.41, 5.74) is 4.22. The molecule has 0 spiro atoms. The molecule has 0 aliphatic heterocycles. The maximum atomic E-state index is 11.7. The van der Waals surface area contributed by atoms with Crippen molar-refractivity contribution in [2.75, 3.05) is 0 Å². The number of carbonyl (C=O) groups excluding carboxylic acids is 1. The first-order valence-corrected chi connectivity index (χ1v) is 17.5. The lowest BCUT2D eigenvalue weighted by atomic mass is 9.99. The van der Waals surface area contributed by atoms with Crippen LogP contribution < -0.4 is 0 Å². The van der Waals surface area contributed by atoms with Crippen LogP contribution in [-0.2, 0) is 4.79 Å². The second kappa shape index (κ2) is 13.4. The van der Waals surface area contributed by atoms with Crippen molar-refractivity contribution in [1.29, 1.82) is 0 Å². The van der Waals surface area contributed by atoms with Crippen LogP contribution in [0, 0.1) is 0 Å². The van der Waals surface area contributed by atoms with E-state index in [1.807, 2.05) is 0 Å². The average molecular weight is 465 g/mol. The van der Waals surface area contributed by atoms with Crippen LogP contribution in [0.3, 0.4) is 0 Å². The molecule has 0 heterocycles. The van der Waals surface area contributed by atoms with E-state index in [4.69, 9.17) is 0 Å². The molecule has 0 N–H and O–H groups in total. The van der Waals surface area contributed by atoms with Crippen molar-refractivity contribution >= 4 is 22.1 Å². The normalized spacial score (nSPS) is 26.2. The summed E-state index contributed by atoms with van der Waals surface area (Å²) in [6.07, 6.45) is 33.7. The van der Waals surface area contributed by atoms with Gasteiger partial charge in [0.1, 0.15) is 6.29 Å². The number of carbonyl (C=O) groups is 1. The Morgan fingerprint density at radius 2 is 0.806 bits per heavy atom. The van der Waals surface area contributed by atoms with Crippen LogP contribution in [0.4, 0.5) is 0 Å². The molecule has 4 rings (SSSR count). The molecule has 178 valence electrons. The molecule has 0 aromatic heterocycles. The minimum Gasteiger partial charge on any atom is -0.303 e. The third kappa shape index (κ3) is 6.78. The third-order valence-corrected chi connectivity index (χ3v) is 18.1. The molecule has 4 fully saturated rings. The van der Waals surface area contributed by atoms with Gasteiger partial charge >= 0.3 is 0 Å². The van der Waals surface area contributed by atoms with E-state index in [0.29, 0.717) is 0 Å². The zero-order valence-corrected chi connectivity index (χ0v) is 22.1. The van der Waals surface area contributed by atoms with E-state index in [1.54, 1.807) is 0 Å². The molecule has 3 heteroatoms. The van der Waals surface area contributed by atoms with Crippen molar-refractivity contribution in [3.63, 3.8) is 0 Å². The predicted molar refractivity (Wildman–Crippen MR) is 140 cm³/mol. The Labute approximate surface area is 196 Å². The molecule has 0 amide bonds. The van der Waals surface area contributed by atoms with E-state index in [1.165, 1.54) is 141 Å². The summed E-state index contributed by atoms with van der Waals surface area (Å²) in [5.74, 6) is 0. The van der Waals surface area contributed by atoms with Gasteiger partial charge in [-0.1, -0.05) is 92.9 Å². The Balaban J connectivity index is 1.65. The number of rotatable bonds is 9. The predicted octanol–water partition coefficient (Wildman–Crippen LogP) is 9.59. The van der Waals surface area contributed by atoms with Crippen molar-refractivity contribution < 1.29 is 4.79 Å². The van der Waals surface area contributed by atoms with Crippen molar-refractivity contribution in [1.82, 2.24) is 0 Å². The van der Waals surface area contributed by atoms with Crippen LogP contribution in [0.5, 0.6) is 0 Å².